The molecule has 0 bridgehead atoms. The van der Waals surface area contributed by atoms with Gasteiger partial charge in [-0.1, -0.05) is 20.3 Å². The number of hydrogen-bond donors (Lipinski definition) is 5. The second kappa shape index (κ2) is 11.3. The molecule has 29 heavy (non-hydrogen) atoms. The van der Waals surface area contributed by atoms with Crippen LogP contribution < -0.4 is 16.4 Å². The van der Waals surface area contributed by atoms with E-state index < -0.39 is 54.3 Å². The van der Waals surface area contributed by atoms with Crippen molar-refractivity contribution in [3.8, 4) is 0 Å². The number of nitrogens with two attached hydrogens (primary N) is 1. The first-order valence-corrected chi connectivity index (χ1v) is 9.66. The van der Waals surface area contributed by atoms with Crippen LogP contribution in [0.25, 0.3) is 0 Å². The fourth-order valence-corrected chi connectivity index (χ4v) is 3.09. The largest absolute Gasteiger partial charge is 0.481 e. The molecule has 0 aliphatic carbocycles. The fraction of sp³-hybridized carbons (Fsp3) is 0.722. The summed E-state index contributed by atoms with van der Waals surface area (Å²) in [5.74, 6) is -4.21. The predicted octanol–water partition coefficient (Wildman–Crippen LogP) is -1.10. The van der Waals surface area contributed by atoms with E-state index in [0.29, 0.717) is 19.3 Å². The van der Waals surface area contributed by atoms with Gasteiger partial charge in [0.25, 0.3) is 0 Å². The molecule has 0 saturated carbocycles. The molecule has 1 fully saturated rings. The molecule has 1 aliphatic heterocycles. The standard InChI is InChI=1S/C18H30N4O7/c1-3-10(2)15(19)17(28)21-11(6-7-13(23)24)18(29)22-8-4-5-12(22)16(27)20-9-14(25)26/h10-12,15H,3-9,19H2,1-2H3,(H,20,27)(H,21,28)(H,23,24)(H,25,26). The van der Waals surface area contributed by atoms with E-state index in [4.69, 9.17) is 15.9 Å². The summed E-state index contributed by atoms with van der Waals surface area (Å²) in [6.45, 7) is 3.35. The van der Waals surface area contributed by atoms with E-state index in [1.54, 1.807) is 6.92 Å². The maximum atomic E-state index is 13.0. The summed E-state index contributed by atoms with van der Waals surface area (Å²) in [5, 5.41) is 22.4. The third-order valence-electron chi connectivity index (χ3n) is 5.07. The predicted molar refractivity (Wildman–Crippen MR) is 102 cm³/mol. The lowest BCUT2D eigenvalue weighted by Crippen LogP contribution is -2.56. The number of likely N-dealkylation sites (tertiary alicyclic amines) is 1. The van der Waals surface area contributed by atoms with Gasteiger partial charge in [-0.2, -0.15) is 0 Å². The Morgan fingerprint density at radius 3 is 2.38 bits per heavy atom. The van der Waals surface area contributed by atoms with Gasteiger partial charge in [0.15, 0.2) is 0 Å². The van der Waals surface area contributed by atoms with Crippen LogP contribution in [0, 0.1) is 5.92 Å². The van der Waals surface area contributed by atoms with E-state index in [0.717, 1.165) is 0 Å². The minimum atomic E-state index is -1.21. The third-order valence-corrected chi connectivity index (χ3v) is 5.07. The molecule has 3 amide bonds. The zero-order valence-corrected chi connectivity index (χ0v) is 16.7. The fourth-order valence-electron chi connectivity index (χ4n) is 3.09. The Morgan fingerprint density at radius 1 is 1.17 bits per heavy atom. The van der Waals surface area contributed by atoms with Crippen LogP contribution in [-0.4, -0.2) is 76.0 Å². The van der Waals surface area contributed by atoms with Crippen molar-refractivity contribution in [1.29, 1.82) is 0 Å². The van der Waals surface area contributed by atoms with Crippen LogP contribution in [0.15, 0.2) is 0 Å². The average Bonchev–Trinajstić information content (AvgIpc) is 3.16. The Labute approximate surface area is 169 Å². The number of hydrogen-bond acceptors (Lipinski definition) is 6. The molecule has 4 atom stereocenters. The van der Waals surface area contributed by atoms with E-state index in [-0.39, 0.29) is 25.3 Å². The molecule has 0 aromatic rings. The second-order valence-corrected chi connectivity index (χ2v) is 7.21. The number of amides is 3. The van der Waals surface area contributed by atoms with Crippen molar-refractivity contribution in [2.45, 2.75) is 64.1 Å². The number of nitrogens with one attached hydrogen (secondary N) is 2. The number of rotatable bonds is 11. The molecular formula is C18H30N4O7. The van der Waals surface area contributed by atoms with E-state index in [9.17, 15) is 24.0 Å². The molecule has 1 heterocycles. The molecule has 0 aromatic carbocycles. The van der Waals surface area contributed by atoms with Gasteiger partial charge in [-0.05, 0) is 25.2 Å². The highest BCUT2D eigenvalue weighted by molar-refractivity contribution is 5.94. The summed E-state index contributed by atoms with van der Waals surface area (Å²) in [5.41, 5.74) is 5.90. The minimum Gasteiger partial charge on any atom is -0.481 e. The Morgan fingerprint density at radius 2 is 1.83 bits per heavy atom. The van der Waals surface area contributed by atoms with Crippen LogP contribution >= 0.6 is 0 Å². The van der Waals surface area contributed by atoms with Gasteiger partial charge < -0.3 is 31.5 Å². The van der Waals surface area contributed by atoms with Crippen LogP contribution in [0.1, 0.15) is 46.0 Å². The van der Waals surface area contributed by atoms with Crippen molar-refractivity contribution < 1.29 is 34.2 Å². The van der Waals surface area contributed by atoms with Gasteiger partial charge in [0, 0.05) is 13.0 Å². The van der Waals surface area contributed by atoms with Gasteiger partial charge in [-0.3, -0.25) is 24.0 Å². The maximum absolute atomic E-state index is 13.0. The highest BCUT2D eigenvalue weighted by Crippen LogP contribution is 2.20. The second-order valence-electron chi connectivity index (χ2n) is 7.21. The highest BCUT2D eigenvalue weighted by Gasteiger charge is 2.38. The molecule has 0 aromatic heterocycles. The van der Waals surface area contributed by atoms with Gasteiger partial charge in [0.05, 0.1) is 6.04 Å². The molecule has 6 N–H and O–H groups in total. The lowest BCUT2D eigenvalue weighted by Gasteiger charge is -2.29. The van der Waals surface area contributed by atoms with Gasteiger partial charge in [-0.15, -0.1) is 0 Å². The van der Waals surface area contributed by atoms with Crippen molar-refractivity contribution in [1.82, 2.24) is 15.5 Å². The maximum Gasteiger partial charge on any atom is 0.322 e. The molecule has 11 heteroatoms. The molecule has 0 radical (unpaired) electrons. The zero-order chi connectivity index (χ0) is 22.1. The van der Waals surface area contributed by atoms with Gasteiger partial charge in [-0.25, -0.2) is 0 Å². The van der Waals surface area contributed by atoms with E-state index in [1.165, 1.54) is 4.90 Å². The molecule has 1 saturated heterocycles. The van der Waals surface area contributed by atoms with Crippen molar-refractivity contribution in [2.75, 3.05) is 13.1 Å². The molecule has 1 rings (SSSR count). The molecule has 4 unspecified atom stereocenters. The van der Waals surface area contributed by atoms with Crippen molar-refractivity contribution >= 4 is 29.7 Å². The topological polar surface area (TPSA) is 179 Å². The lowest BCUT2D eigenvalue weighted by molar-refractivity contribution is -0.143. The number of carboxylic acid groups (broad SMARTS) is 2. The van der Waals surface area contributed by atoms with E-state index >= 15 is 0 Å². The van der Waals surface area contributed by atoms with Crippen LogP contribution in [0.2, 0.25) is 0 Å². The molecule has 0 spiro atoms. The monoisotopic (exact) mass is 414 g/mol. The summed E-state index contributed by atoms with van der Waals surface area (Å²) in [7, 11) is 0. The number of carboxylic acids is 2. The Bertz CT molecular complexity index is 640. The number of carbonyl (C=O) groups excluding carboxylic acids is 3. The van der Waals surface area contributed by atoms with Crippen LogP contribution in [-0.2, 0) is 24.0 Å². The average molecular weight is 414 g/mol. The minimum absolute atomic E-state index is 0.133. The summed E-state index contributed by atoms with van der Waals surface area (Å²) in [6, 6.07) is -2.86. The van der Waals surface area contributed by atoms with Crippen LogP contribution in [0.3, 0.4) is 0 Å². The Kier molecular flexibility index (Phi) is 9.53. The first kappa shape index (κ1) is 24.3. The number of carbonyl (C=O) groups is 5. The molecule has 164 valence electrons. The number of aliphatic carboxylic acids is 2. The summed E-state index contributed by atoms with van der Waals surface area (Å²) in [6.07, 6.45) is 1.04. The van der Waals surface area contributed by atoms with Gasteiger partial charge in [0.1, 0.15) is 18.6 Å². The first-order valence-electron chi connectivity index (χ1n) is 9.66. The normalized spacial score (nSPS) is 19.1. The summed E-state index contributed by atoms with van der Waals surface area (Å²) >= 11 is 0. The Hall–Kier alpha value is -2.69. The van der Waals surface area contributed by atoms with Crippen molar-refractivity contribution in [3.05, 3.63) is 0 Å². The zero-order valence-electron chi connectivity index (χ0n) is 16.7. The smallest absolute Gasteiger partial charge is 0.322 e. The summed E-state index contributed by atoms with van der Waals surface area (Å²) in [4.78, 5) is 60.5. The SMILES string of the molecule is CCC(C)C(N)C(=O)NC(CCC(=O)O)C(=O)N1CCCC1C(=O)NCC(=O)O. The van der Waals surface area contributed by atoms with Gasteiger partial charge >= 0.3 is 11.9 Å². The molecule has 1 aliphatic rings. The van der Waals surface area contributed by atoms with E-state index in [1.807, 2.05) is 6.92 Å². The van der Waals surface area contributed by atoms with Crippen LogP contribution in [0.5, 0.6) is 0 Å². The van der Waals surface area contributed by atoms with Gasteiger partial charge in [0.2, 0.25) is 17.7 Å². The number of nitrogens with zero attached hydrogens (tertiary/aromatic N) is 1. The highest BCUT2D eigenvalue weighted by atomic mass is 16.4. The first-order chi connectivity index (χ1) is 13.6. The summed E-state index contributed by atoms with van der Waals surface area (Å²) < 4.78 is 0. The lowest BCUT2D eigenvalue weighted by atomic mass is 9.98. The van der Waals surface area contributed by atoms with E-state index in [2.05, 4.69) is 10.6 Å². The van der Waals surface area contributed by atoms with Crippen molar-refractivity contribution in [3.63, 3.8) is 0 Å². The van der Waals surface area contributed by atoms with Crippen LogP contribution in [0.4, 0.5) is 0 Å². The quantitative estimate of drug-likeness (QED) is 0.283. The third kappa shape index (κ3) is 7.33. The van der Waals surface area contributed by atoms with Crippen molar-refractivity contribution in [2.24, 2.45) is 11.7 Å². The Balaban J connectivity index is 2.91. The molecule has 11 nitrogen and oxygen atoms in total. The molecular weight excluding hydrogens is 384 g/mol.